The van der Waals surface area contributed by atoms with Crippen LogP contribution in [-0.2, 0) is 5.41 Å². The minimum Gasteiger partial charge on any atom is -0.310 e. The van der Waals surface area contributed by atoms with E-state index in [0.29, 0.717) is 0 Å². The maximum Gasteiger partial charge on any atom is 0.0714 e. The van der Waals surface area contributed by atoms with Crippen molar-refractivity contribution in [3.63, 3.8) is 0 Å². The lowest BCUT2D eigenvalue weighted by molar-refractivity contribution is 0.768. The molecule has 2 nitrogen and oxygen atoms in total. The van der Waals surface area contributed by atoms with Gasteiger partial charge in [0.05, 0.1) is 16.4 Å². The zero-order valence-electron chi connectivity index (χ0n) is 46.6. The molecule has 1 aromatic heterocycles. The number of fused-ring (bicyclic) bond motifs is 13. The van der Waals surface area contributed by atoms with Crippen molar-refractivity contribution in [1.29, 1.82) is 0 Å². The van der Waals surface area contributed by atoms with E-state index in [1.54, 1.807) is 0 Å². The summed E-state index contributed by atoms with van der Waals surface area (Å²) in [6.45, 7) is 0. The molecule has 0 unspecified atom stereocenters. The van der Waals surface area contributed by atoms with E-state index in [4.69, 9.17) is 0 Å². The molecular weight excluding hydrogens is 1020 g/mol. The van der Waals surface area contributed by atoms with Crippen LogP contribution >= 0.6 is 0 Å². The van der Waals surface area contributed by atoms with Crippen LogP contribution in [0.2, 0.25) is 0 Å². The van der Waals surface area contributed by atoms with E-state index in [1.807, 2.05) is 0 Å². The van der Waals surface area contributed by atoms with Gasteiger partial charge in [0.1, 0.15) is 0 Å². The third-order valence-corrected chi connectivity index (χ3v) is 18.2. The van der Waals surface area contributed by atoms with Gasteiger partial charge in [0, 0.05) is 33.5 Å². The van der Waals surface area contributed by atoms with Crippen LogP contribution in [0.25, 0.3) is 115 Å². The standard InChI is InChI=1S/C83H54N2/c1-4-18-55(19-5-1)57-34-40-65(41-35-57)84(68-45-47-75-74-30-16-17-31-79(74)83(80(75)54-68,63-22-6-2-7-23-63)64-24-8-3-9-25-64)66-42-36-58(37-43-66)61-38-48-81-77(51-61)78-52-62(60-33-32-56-20-10-11-21-59(56)50-60)39-49-82(78)85(81)67-44-46-73-71-28-13-12-26-69(71)70-27-14-15-29-72(70)76(73)53-67/h1-54H. The molecule has 2 heteroatoms. The van der Waals surface area contributed by atoms with Crippen molar-refractivity contribution in [1.82, 2.24) is 4.57 Å². The van der Waals surface area contributed by atoms with E-state index in [9.17, 15) is 0 Å². The fourth-order valence-corrected chi connectivity index (χ4v) is 14.3. The lowest BCUT2D eigenvalue weighted by Gasteiger charge is -2.35. The second-order valence-corrected chi connectivity index (χ2v) is 22.7. The second kappa shape index (κ2) is 19.6. The zero-order valence-corrected chi connectivity index (χ0v) is 46.6. The summed E-state index contributed by atoms with van der Waals surface area (Å²) in [6, 6.07) is 122. The van der Waals surface area contributed by atoms with Crippen LogP contribution in [-0.4, -0.2) is 4.57 Å². The highest BCUT2D eigenvalue weighted by atomic mass is 15.1. The maximum atomic E-state index is 2.48. The number of hydrogen-bond acceptors (Lipinski definition) is 1. The summed E-state index contributed by atoms with van der Waals surface area (Å²) in [5.74, 6) is 0. The third-order valence-electron chi connectivity index (χ3n) is 18.2. The van der Waals surface area contributed by atoms with Gasteiger partial charge in [-0.05, 0) is 189 Å². The predicted molar refractivity (Wildman–Crippen MR) is 359 cm³/mol. The smallest absolute Gasteiger partial charge is 0.0714 e. The Bertz CT molecular complexity index is 5200. The van der Waals surface area contributed by atoms with Crippen LogP contribution in [0.1, 0.15) is 22.3 Å². The molecule has 15 aromatic carbocycles. The van der Waals surface area contributed by atoms with E-state index >= 15 is 0 Å². The van der Waals surface area contributed by atoms with Crippen molar-refractivity contribution in [3.8, 4) is 50.2 Å². The Morgan fingerprint density at radius 3 is 1.29 bits per heavy atom. The molecule has 0 saturated heterocycles. The molecule has 0 bridgehead atoms. The van der Waals surface area contributed by atoms with Gasteiger partial charge in [-0.1, -0.05) is 249 Å². The first-order valence-electron chi connectivity index (χ1n) is 29.5. The molecule has 396 valence electrons. The Hall–Kier alpha value is -11.1. The van der Waals surface area contributed by atoms with Crippen LogP contribution in [0.5, 0.6) is 0 Å². The molecule has 0 amide bonds. The Kier molecular flexibility index (Phi) is 11.2. The Morgan fingerprint density at radius 1 is 0.235 bits per heavy atom. The number of rotatable bonds is 9. The van der Waals surface area contributed by atoms with Crippen molar-refractivity contribution in [2.75, 3.05) is 4.90 Å². The lowest BCUT2D eigenvalue weighted by Crippen LogP contribution is -2.28. The molecule has 1 heterocycles. The molecule has 85 heavy (non-hydrogen) atoms. The van der Waals surface area contributed by atoms with E-state index < -0.39 is 5.41 Å². The van der Waals surface area contributed by atoms with Crippen LogP contribution in [0.15, 0.2) is 328 Å². The van der Waals surface area contributed by atoms with Gasteiger partial charge in [-0.15, -0.1) is 0 Å². The summed E-state index contributed by atoms with van der Waals surface area (Å²) in [5.41, 5.74) is 20.9. The normalized spacial score (nSPS) is 12.6. The molecule has 16 aromatic rings. The Labute approximate surface area is 494 Å². The molecule has 17 rings (SSSR count). The highest BCUT2D eigenvalue weighted by Crippen LogP contribution is 2.57. The lowest BCUT2D eigenvalue weighted by atomic mass is 9.67. The summed E-state index contributed by atoms with van der Waals surface area (Å²) in [7, 11) is 0. The van der Waals surface area contributed by atoms with Crippen LogP contribution in [0.3, 0.4) is 0 Å². The average molecular weight is 1080 g/mol. The summed E-state index contributed by atoms with van der Waals surface area (Å²) in [6.07, 6.45) is 0. The summed E-state index contributed by atoms with van der Waals surface area (Å²) < 4.78 is 2.48. The molecule has 1 aliphatic rings. The first-order chi connectivity index (χ1) is 42.1. The molecule has 0 saturated carbocycles. The van der Waals surface area contributed by atoms with Crippen molar-refractivity contribution < 1.29 is 0 Å². The van der Waals surface area contributed by atoms with Gasteiger partial charge < -0.3 is 9.47 Å². The molecule has 0 atom stereocenters. The molecule has 0 spiro atoms. The SMILES string of the molecule is c1ccc(-c2ccc(N(c3ccc(-c4ccc5c(c4)c4cc(-c6ccc7ccccc7c6)ccc4n5-c4ccc5c6ccccc6c6ccccc6c5c4)cc3)c3ccc4c(c3)C(c3ccccc3)(c3ccccc3)c3ccccc3-4)cc2)cc1. The van der Waals surface area contributed by atoms with Crippen molar-refractivity contribution in [2.45, 2.75) is 5.41 Å². The average Bonchev–Trinajstić information content (AvgIpc) is 1.97. The number of anilines is 3. The maximum absolute atomic E-state index is 2.48. The largest absolute Gasteiger partial charge is 0.310 e. The quantitative estimate of drug-likeness (QED) is 0.131. The zero-order chi connectivity index (χ0) is 56.0. The summed E-state index contributed by atoms with van der Waals surface area (Å²) in [4.78, 5) is 2.43. The van der Waals surface area contributed by atoms with Gasteiger partial charge >= 0.3 is 0 Å². The number of hydrogen-bond donors (Lipinski definition) is 0. The molecule has 0 radical (unpaired) electrons. The summed E-state index contributed by atoms with van der Waals surface area (Å²) in [5, 5.41) is 12.5. The van der Waals surface area contributed by atoms with Crippen LogP contribution < -0.4 is 4.90 Å². The Balaban J connectivity index is 0.826. The topological polar surface area (TPSA) is 8.17 Å². The highest BCUT2D eigenvalue weighted by Gasteiger charge is 2.46. The van der Waals surface area contributed by atoms with Crippen molar-refractivity contribution in [3.05, 3.63) is 350 Å². The van der Waals surface area contributed by atoms with E-state index in [-0.39, 0.29) is 0 Å². The molecule has 0 N–H and O–H groups in total. The second-order valence-electron chi connectivity index (χ2n) is 22.7. The highest BCUT2D eigenvalue weighted by molar-refractivity contribution is 6.26. The van der Waals surface area contributed by atoms with Gasteiger partial charge in [0.15, 0.2) is 0 Å². The summed E-state index contributed by atoms with van der Waals surface area (Å²) >= 11 is 0. The van der Waals surface area contributed by atoms with E-state index in [1.165, 1.54) is 121 Å². The van der Waals surface area contributed by atoms with Crippen molar-refractivity contribution in [2.24, 2.45) is 0 Å². The first kappa shape index (κ1) is 48.6. The fourth-order valence-electron chi connectivity index (χ4n) is 14.3. The van der Waals surface area contributed by atoms with Crippen LogP contribution in [0, 0.1) is 0 Å². The van der Waals surface area contributed by atoms with Gasteiger partial charge in [-0.3, -0.25) is 0 Å². The number of aromatic nitrogens is 1. The first-order valence-corrected chi connectivity index (χ1v) is 29.5. The molecule has 1 aliphatic carbocycles. The number of benzene rings is 15. The molecule has 0 aliphatic heterocycles. The molecular formula is C83H54N2. The van der Waals surface area contributed by atoms with Gasteiger partial charge in [0.25, 0.3) is 0 Å². The van der Waals surface area contributed by atoms with Gasteiger partial charge in [-0.2, -0.15) is 0 Å². The minimum atomic E-state index is -0.535. The van der Waals surface area contributed by atoms with Crippen molar-refractivity contribution >= 4 is 82.0 Å². The minimum absolute atomic E-state index is 0.535. The fraction of sp³-hybridized carbons (Fsp3) is 0.0120. The molecule has 0 fully saturated rings. The van der Waals surface area contributed by atoms with Gasteiger partial charge in [-0.25, -0.2) is 0 Å². The van der Waals surface area contributed by atoms with E-state index in [0.717, 1.165) is 33.9 Å². The Morgan fingerprint density at radius 2 is 0.671 bits per heavy atom. The predicted octanol–water partition coefficient (Wildman–Crippen LogP) is 22.2. The number of nitrogens with zero attached hydrogens (tertiary/aromatic N) is 2. The monoisotopic (exact) mass is 1080 g/mol. The van der Waals surface area contributed by atoms with E-state index in [2.05, 4.69) is 337 Å². The van der Waals surface area contributed by atoms with Crippen LogP contribution in [0.4, 0.5) is 17.1 Å². The third kappa shape index (κ3) is 7.73. The van der Waals surface area contributed by atoms with Gasteiger partial charge in [0.2, 0.25) is 0 Å².